The van der Waals surface area contributed by atoms with Gasteiger partial charge in [-0.3, -0.25) is 4.79 Å². The lowest BCUT2D eigenvalue weighted by Gasteiger charge is -2.22. The van der Waals surface area contributed by atoms with E-state index in [2.05, 4.69) is 20.1 Å². The molecule has 0 radical (unpaired) electrons. The van der Waals surface area contributed by atoms with Crippen LogP contribution in [0, 0.1) is 0 Å². The number of rotatable bonds is 5. The molecule has 0 aromatic carbocycles. The molecule has 3 heterocycles. The fraction of sp³-hybridized carbons (Fsp3) is 0.312. The monoisotopic (exact) mass is 323 g/mol. The zero-order valence-electron chi connectivity index (χ0n) is 13.3. The third-order valence-corrected chi connectivity index (χ3v) is 4.13. The molecule has 0 atom stereocenters. The van der Waals surface area contributed by atoms with Gasteiger partial charge < -0.3 is 9.47 Å². The number of carbonyl (C=O) groups excluding carboxylic acids is 1. The topological polar surface area (TPSA) is 81.7 Å². The molecule has 1 saturated carbocycles. The number of amides is 1. The first-order valence-corrected chi connectivity index (χ1v) is 7.80. The standard InChI is InChI=1S/C16H17N7O/c1-21-7-6-19-15(21)9-22(13-2-3-13)16(24)12-4-5-18-14(8-12)23-11-17-10-20-23/h4-8,10-11,13H,2-3,9H2,1H3. The molecule has 3 aromatic heterocycles. The Labute approximate surface area is 138 Å². The first-order chi connectivity index (χ1) is 11.7. The Morgan fingerprint density at radius 1 is 1.33 bits per heavy atom. The lowest BCUT2D eigenvalue weighted by Crippen LogP contribution is -2.33. The molecular formula is C16H17N7O. The highest BCUT2D eigenvalue weighted by molar-refractivity contribution is 5.94. The molecule has 1 aliphatic rings. The predicted octanol–water partition coefficient (Wildman–Crippen LogP) is 1.20. The SMILES string of the molecule is Cn1ccnc1CN(C(=O)c1ccnc(-n2cncn2)c1)C1CC1. The van der Waals surface area contributed by atoms with Crippen LogP contribution in [0.4, 0.5) is 0 Å². The summed E-state index contributed by atoms with van der Waals surface area (Å²) in [6.45, 7) is 0.508. The molecule has 8 heteroatoms. The van der Waals surface area contributed by atoms with Crippen molar-refractivity contribution in [3.8, 4) is 5.82 Å². The summed E-state index contributed by atoms with van der Waals surface area (Å²) in [6.07, 6.45) is 10.3. The van der Waals surface area contributed by atoms with Crippen LogP contribution >= 0.6 is 0 Å². The fourth-order valence-corrected chi connectivity index (χ4v) is 2.62. The highest BCUT2D eigenvalue weighted by Gasteiger charge is 2.34. The van der Waals surface area contributed by atoms with Crippen molar-refractivity contribution in [3.63, 3.8) is 0 Å². The van der Waals surface area contributed by atoms with Crippen molar-refractivity contribution in [3.05, 3.63) is 54.8 Å². The zero-order valence-corrected chi connectivity index (χ0v) is 13.3. The van der Waals surface area contributed by atoms with Crippen LogP contribution in [0.3, 0.4) is 0 Å². The molecule has 1 fully saturated rings. The molecule has 0 unspecified atom stereocenters. The van der Waals surface area contributed by atoms with Crippen molar-refractivity contribution in [1.29, 1.82) is 0 Å². The predicted molar refractivity (Wildman–Crippen MR) is 85.3 cm³/mol. The van der Waals surface area contributed by atoms with Crippen molar-refractivity contribution < 1.29 is 4.79 Å². The number of hydrogen-bond donors (Lipinski definition) is 0. The molecule has 0 N–H and O–H groups in total. The number of aromatic nitrogens is 6. The maximum atomic E-state index is 13.0. The Kier molecular flexibility index (Phi) is 3.56. The minimum absolute atomic E-state index is 0.00994. The molecule has 4 rings (SSSR count). The summed E-state index contributed by atoms with van der Waals surface area (Å²) < 4.78 is 3.48. The molecule has 0 saturated heterocycles. The van der Waals surface area contributed by atoms with Crippen molar-refractivity contribution in [2.45, 2.75) is 25.4 Å². The summed E-state index contributed by atoms with van der Waals surface area (Å²) in [7, 11) is 1.94. The Hall–Kier alpha value is -3.03. The Bertz CT molecular complexity index is 851. The van der Waals surface area contributed by atoms with E-state index in [9.17, 15) is 4.79 Å². The van der Waals surface area contributed by atoms with E-state index in [-0.39, 0.29) is 11.9 Å². The zero-order chi connectivity index (χ0) is 16.5. The first-order valence-electron chi connectivity index (χ1n) is 7.80. The van der Waals surface area contributed by atoms with Gasteiger partial charge in [0.2, 0.25) is 0 Å². The third-order valence-electron chi connectivity index (χ3n) is 4.13. The van der Waals surface area contributed by atoms with E-state index in [1.165, 1.54) is 11.0 Å². The smallest absolute Gasteiger partial charge is 0.254 e. The largest absolute Gasteiger partial charge is 0.337 e. The average molecular weight is 323 g/mol. The highest BCUT2D eigenvalue weighted by atomic mass is 16.2. The highest BCUT2D eigenvalue weighted by Crippen LogP contribution is 2.29. The van der Waals surface area contributed by atoms with Crippen molar-refractivity contribution in [1.82, 2.24) is 34.2 Å². The van der Waals surface area contributed by atoms with E-state index in [1.807, 2.05) is 22.7 Å². The van der Waals surface area contributed by atoms with Gasteiger partial charge in [-0.05, 0) is 25.0 Å². The van der Waals surface area contributed by atoms with Gasteiger partial charge in [0.1, 0.15) is 18.5 Å². The maximum Gasteiger partial charge on any atom is 0.254 e. The molecule has 3 aromatic rings. The molecule has 0 spiro atoms. The summed E-state index contributed by atoms with van der Waals surface area (Å²) in [5.74, 6) is 1.44. The summed E-state index contributed by atoms with van der Waals surface area (Å²) in [5, 5.41) is 4.06. The summed E-state index contributed by atoms with van der Waals surface area (Å²) >= 11 is 0. The van der Waals surface area contributed by atoms with Gasteiger partial charge in [-0.1, -0.05) is 0 Å². The minimum atomic E-state index is -0.00994. The van der Waals surface area contributed by atoms with Crippen LogP contribution in [0.5, 0.6) is 0 Å². The third kappa shape index (κ3) is 2.78. The number of carbonyl (C=O) groups is 1. The minimum Gasteiger partial charge on any atom is -0.337 e. The molecule has 8 nitrogen and oxygen atoms in total. The Morgan fingerprint density at radius 2 is 2.21 bits per heavy atom. The van der Waals surface area contributed by atoms with Gasteiger partial charge in [-0.25, -0.2) is 19.6 Å². The molecule has 0 bridgehead atoms. The number of imidazole rings is 1. The van der Waals surface area contributed by atoms with E-state index in [4.69, 9.17) is 0 Å². The molecule has 122 valence electrons. The average Bonchev–Trinajstić information content (AvgIpc) is 3.13. The van der Waals surface area contributed by atoms with E-state index in [0.29, 0.717) is 17.9 Å². The summed E-state index contributed by atoms with van der Waals surface area (Å²) in [4.78, 5) is 27.4. The summed E-state index contributed by atoms with van der Waals surface area (Å²) in [5.41, 5.74) is 0.594. The van der Waals surface area contributed by atoms with E-state index >= 15 is 0 Å². The van der Waals surface area contributed by atoms with Gasteiger partial charge in [0.25, 0.3) is 5.91 Å². The van der Waals surface area contributed by atoms with Crippen LogP contribution in [0.25, 0.3) is 5.82 Å². The van der Waals surface area contributed by atoms with Crippen molar-refractivity contribution in [2.75, 3.05) is 0 Å². The second-order valence-corrected chi connectivity index (χ2v) is 5.86. The van der Waals surface area contributed by atoms with E-state index in [1.54, 1.807) is 30.9 Å². The first kappa shape index (κ1) is 14.6. The lowest BCUT2D eigenvalue weighted by atomic mass is 10.2. The number of aryl methyl sites for hydroxylation is 1. The number of nitrogens with zero attached hydrogens (tertiary/aromatic N) is 7. The maximum absolute atomic E-state index is 13.0. The molecular weight excluding hydrogens is 306 g/mol. The van der Waals surface area contributed by atoms with Gasteiger partial charge in [-0.15, -0.1) is 0 Å². The van der Waals surface area contributed by atoms with Gasteiger partial charge in [0.15, 0.2) is 5.82 Å². The van der Waals surface area contributed by atoms with Crippen LogP contribution in [0.15, 0.2) is 43.4 Å². The van der Waals surface area contributed by atoms with Gasteiger partial charge in [-0.2, -0.15) is 5.10 Å². The second-order valence-electron chi connectivity index (χ2n) is 5.86. The number of pyridine rings is 1. The fourth-order valence-electron chi connectivity index (χ4n) is 2.62. The number of hydrogen-bond acceptors (Lipinski definition) is 5. The van der Waals surface area contributed by atoms with E-state index in [0.717, 1.165) is 18.7 Å². The quantitative estimate of drug-likeness (QED) is 0.705. The van der Waals surface area contributed by atoms with Crippen LogP contribution in [0.1, 0.15) is 29.0 Å². The molecule has 1 amide bonds. The Balaban J connectivity index is 1.61. The van der Waals surface area contributed by atoms with Crippen LogP contribution in [-0.4, -0.2) is 46.1 Å². The normalized spacial score (nSPS) is 13.9. The molecule has 24 heavy (non-hydrogen) atoms. The molecule has 0 aliphatic heterocycles. The van der Waals surface area contributed by atoms with Gasteiger partial charge in [0, 0.05) is 37.2 Å². The van der Waals surface area contributed by atoms with Crippen LogP contribution < -0.4 is 0 Å². The Morgan fingerprint density at radius 3 is 2.88 bits per heavy atom. The van der Waals surface area contributed by atoms with E-state index < -0.39 is 0 Å². The van der Waals surface area contributed by atoms with Crippen LogP contribution in [0.2, 0.25) is 0 Å². The van der Waals surface area contributed by atoms with Crippen LogP contribution in [-0.2, 0) is 13.6 Å². The van der Waals surface area contributed by atoms with Gasteiger partial charge >= 0.3 is 0 Å². The van der Waals surface area contributed by atoms with Crippen molar-refractivity contribution >= 4 is 5.91 Å². The summed E-state index contributed by atoms with van der Waals surface area (Å²) in [6, 6.07) is 3.76. The molecule has 1 aliphatic carbocycles. The van der Waals surface area contributed by atoms with Crippen molar-refractivity contribution in [2.24, 2.45) is 7.05 Å². The lowest BCUT2D eigenvalue weighted by molar-refractivity contribution is 0.0724. The van der Waals surface area contributed by atoms with Gasteiger partial charge in [0.05, 0.1) is 6.54 Å². The second kappa shape index (κ2) is 5.88.